The molecule has 0 amide bonds. The van der Waals surface area contributed by atoms with Crippen molar-refractivity contribution in [2.45, 2.75) is 162 Å². The van der Waals surface area contributed by atoms with E-state index in [1.165, 1.54) is 122 Å². The summed E-state index contributed by atoms with van der Waals surface area (Å²) in [7, 11) is 0. The molecule has 1 aromatic rings. The molecule has 0 unspecified atom stereocenters. The molecule has 236 valence electrons. The zero-order valence-electron chi connectivity index (χ0n) is 26.6. The highest BCUT2D eigenvalue weighted by molar-refractivity contribution is 5.85. The summed E-state index contributed by atoms with van der Waals surface area (Å²) in [6, 6.07) is 7.48. The summed E-state index contributed by atoms with van der Waals surface area (Å²) in [6.07, 6.45) is 31.8. The van der Waals surface area contributed by atoms with E-state index < -0.39 is 11.9 Å². The number of ether oxygens (including phenoxy) is 1. The molecule has 41 heavy (non-hydrogen) atoms. The summed E-state index contributed by atoms with van der Waals surface area (Å²) >= 11 is 0. The minimum Gasteiger partial charge on any atom is -0.494 e. The molecule has 0 aromatic heterocycles. The van der Waals surface area contributed by atoms with Gasteiger partial charge in [-0.1, -0.05) is 154 Å². The molecular formula is C36H62O5. The van der Waals surface area contributed by atoms with Crippen molar-refractivity contribution in [1.82, 2.24) is 0 Å². The van der Waals surface area contributed by atoms with Crippen LogP contribution in [-0.2, 0) is 9.59 Å². The van der Waals surface area contributed by atoms with E-state index in [9.17, 15) is 9.59 Å². The van der Waals surface area contributed by atoms with Gasteiger partial charge in [0.05, 0.1) is 6.61 Å². The van der Waals surface area contributed by atoms with Gasteiger partial charge in [-0.25, -0.2) is 4.79 Å². The van der Waals surface area contributed by atoms with Gasteiger partial charge in [-0.05, 0) is 36.6 Å². The molecule has 0 spiro atoms. The lowest BCUT2D eigenvalue weighted by Gasteiger charge is -2.06. The van der Waals surface area contributed by atoms with Crippen molar-refractivity contribution in [1.29, 1.82) is 0 Å². The van der Waals surface area contributed by atoms with Crippen LogP contribution < -0.4 is 4.74 Å². The summed E-state index contributed by atoms with van der Waals surface area (Å²) in [5.41, 5.74) is 0.862. The molecule has 0 saturated carbocycles. The van der Waals surface area contributed by atoms with E-state index in [2.05, 4.69) is 13.8 Å². The van der Waals surface area contributed by atoms with Gasteiger partial charge in [0.1, 0.15) is 5.75 Å². The maximum atomic E-state index is 10.4. The molecule has 2 N–H and O–H groups in total. The Morgan fingerprint density at radius 1 is 0.585 bits per heavy atom. The van der Waals surface area contributed by atoms with Crippen molar-refractivity contribution in [3.63, 3.8) is 0 Å². The van der Waals surface area contributed by atoms with Crippen LogP contribution in [0.5, 0.6) is 5.75 Å². The lowest BCUT2D eigenvalue weighted by molar-refractivity contribution is -0.137. The Kier molecular flexibility index (Phi) is 28.9. The molecule has 0 fully saturated rings. The van der Waals surface area contributed by atoms with Gasteiger partial charge >= 0.3 is 11.9 Å². The van der Waals surface area contributed by atoms with Crippen molar-refractivity contribution >= 4 is 18.0 Å². The molecule has 1 aromatic carbocycles. The monoisotopic (exact) mass is 574 g/mol. The molecule has 1 rings (SSSR count). The lowest BCUT2D eigenvalue weighted by atomic mass is 10.0. The van der Waals surface area contributed by atoms with Crippen LogP contribution in [0.2, 0.25) is 0 Å². The van der Waals surface area contributed by atoms with Crippen LogP contribution in [0.3, 0.4) is 0 Å². The predicted molar refractivity (Wildman–Crippen MR) is 174 cm³/mol. The Morgan fingerprint density at radius 2 is 0.976 bits per heavy atom. The molecule has 0 saturated heterocycles. The van der Waals surface area contributed by atoms with E-state index in [-0.39, 0.29) is 0 Å². The van der Waals surface area contributed by atoms with Gasteiger partial charge in [0.15, 0.2) is 0 Å². The summed E-state index contributed by atoms with van der Waals surface area (Å²) in [4.78, 5) is 20.7. The lowest BCUT2D eigenvalue weighted by Crippen LogP contribution is -1.97. The second kappa shape index (κ2) is 30.7. The minimum atomic E-state index is -0.936. The van der Waals surface area contributed by atoms with Gasteiger partial charge in [-0.2, -0.15) is 0 Å². The van der Waals surface area contributed by atoms with E-state index in [0.29, 0.717) is 6.42 Å². The molecule has 5 heteroatoms. The van der Waals surface area contributed by atoms with Gasteiger partial charge < -0.3 is 14.9 Å². The first-order valence-electron chi connectivity index (χ1n) is 16.8. The maximum absolute atomic E-state index is 10.4. The summed E-state index contributed by atoms with van der Waals surface area (Å²) in [6.45, 7) is 5.25. The average molecular weight is 575 g/mol. The fourth-order valence-electron chi connectivity index (χ4n) is 4.74. The second-order valence-corrected chi connectivity index (χ2v) is 11.3. The number of hydrogen-bond donors (Lipinski definition) is 2. The SMILES string of the molecule is CCCCCCCCCCCCCCCCCC(=O)O.CCCCCCCCCOc1ccc(C=CC(=O)O)cc1. The first-order chi connectivity index (χ1) is 20.0. The number of carbonyl (C=O) groups is 2. The third kappa shape index (κ3) is 30.5. The van der Waals surface area contributed by atoms with Crippen molar-refractivity contribution < 1.29 is 24.5 Å². The Labute approximate surface area is 252 Å². The van der Waals surface area contributed by atoms with E-state index in [4.69, 9.17) is 14.9 Å². The Morgan fingerprint density at radius 3 is 1.37 bits per heavy atom. The molecule has 0 bridgehead atoms. The number of hydrogen-bond acceptors (Lipinski definition) is 3. The molecule has 0 heterocycles. The molecule has 0 atom stereocenters. The highest BCUT2D eigenvalue weighted by Crippen LogP contribution is 2.15. The van der Waals surface area contributed by atoms with Gasteiger partial charge in [-0.15, -0.1) is 0 Å². The number of aliphatic carboxylic acids is 2. The molecule has 5 nitrogen and oxygen atoms in total. The van der Waals surface area contributed by atoms with Crippen LogP contribution in [0.4, 0.5) is 0 Å². The average Bonchev–Trinajstić information content (AvgIpc) is 2.96. The van der Waals surface area contributed by atoms with Crippen molar-refractivity contribution in [3.8, 4) is 5.75 Å². The molecule has 0 radical (unpaired) electrons. The van der Waals surface area contributed by atoms with Crippen LogP contribution in [0.1, 0.15) is 167 Å². The fourth-order valence-corrected chi connectivity index (χ4v) is 4.74. The standard InChI is InChI=1S/C18H26O3.C18H36O2/c1-2-3-4-5-6-7-8-15-21-17-12-9-16(10-13-17)11-14-18(19)20;1-2-3-4-5-6-7-8-9-10-11-12-13-14-15-16-17-18(19)20/h9-14H,2-8,15H2,1H3,(H,19,20);2-17H2,1H3,(H,19,20). The van der Waals surface area contributed by atoms with E-state index >= 15 is 0 Å². The van der Waals surface area contributed by atoms with Crippen LogP contribution in [-0.4, -0.2) is 28.8 Å². The van der Waals surface area contributed by atoms with Crippen LogP contribution in [0, 0.1) is 0 Å². The molecule has 0 aliphatic rings. The number of benzene rings is 1. The van der Waals surface area contributed by atoms with Gasteiger partial charge in [0.25, 0.3) is 0 Å². The third-order valence-electron chi connectivity index (χ3n) is 7.31. The second-order valence-electron chi connectivity index (χ2n) is 11.3. The predicted octanol–water partition coefficient (Wildman–Crippen LogP) is 11.2. The highest BCUT2D eigenvalue weighted by Gasteiger charge is 1.98. The van der Waals surface area contributed by atoms with Crippen LogP contribution >= 0.6 is 0 Å². The Hall–Kier alpha value is -2.30. The zero-order chi connectivity index (χ0) is 30.2. The normalized spacial score (nSPS) is 10.9. The van der Waals surface area contributed by atoms with Crippen molar-refractivity contribution in [3.05, 3.63) is 35.9 Å². The zero-order valence-corrected chi connectivity index (χ0v) is 26.6. The Bertz CT molecular complexity index is 741. The molecule has 0 aliphatic heterocycles. The van der Waals surface area contributed by atoms with Crippen molar-refractivity contribution in [2.24, 2.45) is 0 Å². The first kappa shape index (κ1) is 38.7. The summed E-state index contributed by atoms with van der Waals surface area (Å²) in [5.74, 6) is -0.748. The highest BCUT2D eigenvalue weighted by atomic mass is 16.5. The number of carboxylic acids is 2. The van der Waals surface area contributed by atoms with Crippen LogP contribution in [0.15, 0.2) is 30.3 Å². The van der Waals surface area contributed by atoms with E-state index in [1.54, 1.807) is 6.08 Å². The smallest absolute Gasteiger partial charge is 0.328 e. The fraction of sp³-hybridized carbons (Fsp3) is 0.722. The number of rotatable bonds is 27. The van der Waals surface area contributed by atoms with Crippen molar-refractivity contribution in [2.75, 3.05) is 6.61 Å². The maximum Gasteiger partial charge on any atom is 0.328 e. The quantitative estimate of drug-likeness (QED) is 0.0806. The molecular weight excluding hydrogens is 512 g/mol. The first-order valence-corrected chi connectivity index (χ1v) is 16.8. The summed E-state index contributed by atoms with van der Waals surface area (Å²) in [5, 5.41) is 17.1. The third-order valence-corrected chi connectivity index (χ3v) is 7.31. The van der Waals surface area contributed by atoms with Gasteiger partial charge in [0, 0.05) is 12.5 Å². The van der Waals surface area contributed by atoms with Gasteiger partial charge in [0.2, 0.25) is 0 Å². The van der Waals surface area contributed by atoms with E-state index in [1.807, 2.05) is 24.3 Å². The number of unbranched alkanes of at least 4 members (excludes halogenated alkanes) is 20. The van der Waals surface area contributed by atoms with E-state index in [0.717, 1.165) is 43.3 Å². The van der Waals surface area contributed by atoms with Gasteiger partial charge in [-0.3, -0.25) is 4.79 Å². The Balaban J connectivity index is 0.000000782. The number of carboxylic acid groups (broad SMARTS) is 2. The van der Waals surface area contributed by atoms with Crippen LogP contribution in [0.25, 0.3) is 6.08 Å². The topological polar surface area (TPSA) is 83.8 Å². The molecule has 0 aliphatic carbocycles. The largest absolute Gasteiger partial charge is 0.494 e. The summed E-state index contributed by atoms with van der Waals surface area (Å²) < 4.78 is 5.67. The minimum absolute atomic E-state index is 0.345.